The molecule has 0 aliphatic carbocycles. The van der Waals surface area contributed by atoms with Crippen LogP contribution < -0.4 is 5.32 Å². The van der Waals surface area contributed by atoms with Gasteiger partial charge in [-0.15, -0.1) is 0 Å². The quantitative estimate of drug-likeness (QED) is 0.299. The number of anilines is 1. The number of methoxy groups -OCH3 is 1. The first-order valence-electron chi connectivity index (χ1n) is 8.89. The van der Waals surface area contributed by atoms with E-state index in [0.29, 0.717) is 46.0 Å². The van der Waals surface area contributed by atoms with E-state index in [-0.39, 0.29) is 17.0 Å². The molecule has 1 aliphatic rings. The lowest BCUT2D eigenvalue weighted by molar-refractivity contribution is -0.385. The van der Waals surface area contributed by atoms with Crippen molar-refractivity contribution in [2.24, 2.45) is 0 Å². The molecule has 0 spiro atoms. The Bertz CT molecular complexity index is 1170. The first kappa shape index (κ1) is 18.9. The normalized spacial score (nSPS) is 12.9. The number of hydrogen-bond donors (Lipinski definition) is 1. The number of carbonyl (C=O) groups excluding carboxylic acids is 2. The third kappa shape index (κ3) is 3.11. The van der Waals surface area contributed by atoms with Crippen LogP contribution in [0, 0.1) is 10.1 Å². The second-order valence-electron chi connectivity index (χ2n) is 6.63. The van der Waals surface area contributed by atoms with Crippen molar-refractivity contribution >= 4 is 45.8 Å². The third-order valence-electron chi connectivity index (χ3n) is 4.97. The first-order valence-corrected chi connectivity index (χ1v) is 9.27. The van der Waals surface area contributed by atoms with Gasteiger partial charge in [0.25, 0.3) is 5.69 Å². The van der Waals surface area contributed by atoms with Crippen LogP contribution in [0.15, 0.2) is 36.4 Å². The summed E-state index contributed by atoms with van der Waals surface area (Å²) in [5.74, 6) is -0.511. The minimum absolute atomic E-state index is 0.196. The molecule has 2 aromatic carbocycles. The molecule has 29 heavy (non-hydrogen) atoms. The van der Waals surface area contributed by atoms with Gasteiger partial charge in [0.1, 0.15) is 11.4 Å². The Labute approximate surface area is 170 Å². The van der Waals surface area contributed by atoms with Gasteiger partial charge < -0.3 is 14.6 Å². The van der Waals surface area contributed by atoms with Gasteiger partial charge in [0.2, 0.25) is 0 Å². The number of nitrogens with one attached hydrogen (secondary N) is 1. The highest BCUT2D eigenvalue weighted by atomic mass is 35.5. The van der Waals surface area contributed by atoms with Gasteiger partial charge in [-0.2, -0.15) is 0 Å². The maximum Gasteiger partial charge on any atom is 0.344 e. The second-order valence-corrected chi connectivity index (χ2v) is 7.06. The van der Waals surface area contributed by atoms with E-state index in [4.69, 9.17) is 16.3 Å². The fraction of sp³-hybridized carbons (Fsp3) is 0.200. The van der Waals surface area contributed by atoms with Gasteiger partial charge in [-0.05, 0) is 36.8 Å². The zero-order chi connectivity index (χ0) is 20.7. The topological polar surface area (TPSA) is 103 Å². The summed E-state index contributed by atoms with van der Waals surface area (Å²) in [4.78, 5) is 36.4. The molecular weight excluding hydrogens is 398 g/mol. The van der Waals surface area contributed by atoms with Crippen molar-refractivity contribution in [3.63, 3.8) is 0 Å². The number of ether oxygens (including phenoxy) is 1. The predicted molar refractivity (Wildman–Crippen MR) is 108 cm³/mol. The second kappa shape index (κ2) is 7.21. The molecule has 8 nitrogen and oxygen atoms in total. The van der Waals surface area contributed by atoms with E-state index in [1.54, 1.807) is 24.3 Å². The van der Waals surface area contributed by atoms with Crippen molar-refractivity contribution in [3.05, 3.63) is 68.2 Å². The molecule has 4 rings (SSSR count). The van der Waals surface area contributed by atoms with Crippen LogP contribution in [0.5, 0.6) is 0 Å². The number of hydrogen-bond acceptors (Lipinski definition) is 6. The van der Waals surface area contributed by atoms with Crippen molar-refractivity contribution in [2.75, 3.05) is 19.0 Å². The van der Waals surface area contributed by atoms with Gasteiger partial charge >= 0.3 is 5.97 Å². The van der Waals surface area contributed by atoms with Crippen molar-refractivity contribution in [1.82, 2.24) is 4.57 Å². The van der Waals surface area contributed by atoms with Crippen molar-refractivity contribution in [3.8, 4) is 0 Å². The predicted octanol–water partition coefficient (Wildman–Crippen LogP) is 4.04. The summed E-state index contributed by atoms with van der Waals surface area (Å²) in [6.45, 7) is 1.27. The minimum Gasteiger partial charge on any atom is -0.465 e. The van der Waals surface area contributed by atoms with E-state index >= 15 is 0 Å². The Morgan fingerprint density at radius 2 is 1.97 bits per heavy atom. The lowest BCUT2D eigenvalue weighted by atomic mass is 10.00. The molecule has 0 amide bonds. The molecule has 0 unspecified atom stereocenters. The molecule has 0 atom stereocenters. The first-order chi connectivity index (χ1) is 13.9. The van der Waals surface area contributed by atoms with E-state index < -0.39 is 10.9 Å². The van der Waals surface area contributed by atoms with E-state index in [1.165, 1.54) is 12.1 Å². The number of nitro groups is 1. The summed E-state index contributed by atoms with van der Waals surface area (Å²) in [6.07, 6.45) is 0.803. The van der Waals surface area contributed by atoms with Crippen LogP contribution >= 0.6 is 11.6 Å². The Hall–Kier alpha value is -3.39. The van der Waals surface area contributed by atoms with Crippen LogP contribution in [0.3, 0.4) is 0 Å². The highest BCUT2D eigenvalue weighted by Crippen LogP contribution is 2.38. The number of fused-ring (bicyclic) bond motifs is 3. The molecule has 2 heterocycles. The van der Waals surface area contributed by atoms with Gasteiger partial charge in [-0.1, -0.05) is 11.6 Å². The van der Waals surface area contributed by atoms with Crippen LogP contribution in [0.25, 0.3) is 10.9 Å². The number of esters is 1. The van der Waals surface area contributed by atoms with Gasteiger partial charge in [0.15, 0.2) is 5.78 Å². The molecule has 1 N–H and O–H groups in total. The Balaban J connectivity index is 2.02. The molecule has 9 heteroatoms. The van der Waals surface area contributed by atoms with Crippen molar-refractivity contribution in [2.45, 2.75) is 13.0 Å². The summed E-state index contributed by atoms with van der Waals surface area (Å²) >= 11 is 5.93. The van der Waals surface area contributed by atoms with Gasteiger partial charge in [-0.25, -0.2) is 4.79 Å². The highest BCUT2D eigenvalue weighted by Gasteiger charge is 2.30. The number of benzene rings is 2. The molecule has 1 aromatic heterocycles. The van der Waals surface area contributed by atoms with E-state index in [0.717, 1.165) is 13.5 Å². The molecule has 0 saturated carbocycles. The monoisotopic (exact) mass is 413 g/mol. The van der Waals surface area contributed by atoms with Gasteiger partial charge in [0, 0.05) is 35.1 Å². The summed E-state index contributed by atoms with van der Waals surface area (Å²) in [5, 5.41) is 15.7. The molecule has 3 aromatic rings. The average Bonchev–Trinajstić information content (AvgIpc) is 3.05. The summed E-state index contributed by atoms with van der Waals surface area (Å²) in [5.41, 5.74) is 0.750. The maximum atomic E-state index is 13.3. The molecule has 0 radical (unpaired) electrons. The van der Waals surface area contributed by atoms with Gasteiger partial charge in [-0.3, -0.25) is 14.9 Å². The lowest BCUT2D eigenvalue weighted by Gasteiger charge is -2.19. The van der Waals surface area contributed by atoms with E-state index in [9.17, 15) is 19.7 Å². The Morgan fingerprint density at radius 1 is 1.24 bits per heavy atom. The zero-order valence-corrected chi connectivity index (χ0v) is 16.2. The van der Waals surface area contributed by atoms with E-state index in [1.807, 2.05) is 4.57 Å². The number of carbonyl (C=O) groups is 2. The van der Waals surface area contributed by atoms with Crippen LogP contribution in [-0.4, -0.2) is 34.9 Å². The smallest absolute Gasteiger partial charge is 0.344 e. The van der Waals surface area contributed by atoms with Crippen molar-refractivity contribution in [1.29, 1.82) is 0 Å². The summed E-state index contributed by atoms with van der Waals surface area (Å²) < 4.78 is 6.55. The molecular formula is C20H16ClN3O5. The van der Waals surface area contributed by atoms with Gasteiger partial charge in [0.05, 0.1) is 23.1 Å². The third-order valence-corrected chi connectivity index (χ3v) is 5.22. The summed E-state index contributed by atoms with van der Waals surface area (Å²) in [7, 11) is 1.16. The number of halogens is 1. The van der Waals surface area contributed by atoms with E-state index in [2.05, 4.69) is 5.32 Å². The number of ketones is 1. The molecule has 0 bridgehead atoms. The van der Waals surface area contributed by atoms with Crippen LogP contribution in [0.4, 0.5) is 11.5 Å². The number of nitrogens with zero attached hydrogens (tertiary/aromatic N) is 2. The Kier molecular flexibility index (Phi) is 4.71. The summed E-state index contributed by atoms with van der Waals surface area (Å²) in [6, 6.07) is 9.19. The molecule has 148 valence electrons. The standard InChI is InChI=1S/C20H16ClN3O5/c1-29-20(26)14-9-13-15(10-16(14)24(27)28)23-8-2-7-22-19(23)17(13)18(25)11-3-5-12(21)6-4-11/h3-6,9-10,22H,2,7-8H2,1H3. The number of aromatic nitrogens is 1. The number of rotatable bonds is 4. The van der Waals surface area contributed by atoms with Crippen LogP contribution in [0.1, 0.15) is 32.7 Å². The van der Waals surface area contributed by atoms with Crippen molar-refractivity contribution < 1.29 is 19.2 Å². The minimum atomic E-state index is -0.833. The number of nitro benzene ring substituents is 1. The van der Waals surface area contributed by atoms with Crippen LogP contribution in [-0.2, 0) is 11.3 Å². The highest BCUT2D eigenvalue weighted by molar-refractivity contribution is 6.31. The fourth-order valence-corrected chi connectivity index (χ4v) is 3.77. The zero-order valence-electron chi connectivity index (χ0n) is 15.4. The SMILES string of the molecule is COC(=O)c1cc2c(C(=O)c3ccc(Cl)cc3)c3n(c2cc1[N+](=O)[O-])CCCN3. The molecule has 1 aliphatic heterocycles. The largest absolute Gasteiger partial charge is 0.465 e. The Morgan fingerprint density at radius 3 is 2.62 bits per heavy atom. The fourth-order valence-electron chi connectivity index (χ4n) is 3.64. The molecule has 0 saturated heterocycles. The maximum absolute atomic E-state index is 13.3. The number of aryl methyl sites for hydroxylation is 1. The lowest BCUT2D eigenvalue weighted by Crippen LogP contribution is -2.18. The molecule has 0 fully saturated rings. The average molecular weight is 414 g/mol. The van der Waals surface area contributed by atoms with Crippen LogP contribution in [0.2, 0.25) is 5.02 Å².